The highest BCUT2D eigenvalue weighted by atomic mass is 32.2. The lowest BCUT2D eigenvalue weighted by Crippen LogP contribution is -2.43. The largest absolute Gasteiger partial charge is 0.495 e. The first kappa shape index (κ1) is 26.4. The lowest BCUT2D eigenvalue weighted by atomic mass is 9.93. The van der Waals surface area contributed by atoms with E-state index in [0.717, 1.165) is 40.7 Å². The minimum atomic E-state index is -0.360. The number of anilines is 3. The Morgan fingerprint density at radius 3 is 2.46 bits per heavy atom. The van der Waals surface area contributed by atoms with E-state index < -0.39 is 0 Å². The molecule has 39 heavy (non-hydrogen) atoms. The molecule has 200 valence electrons. The molecule has 1 atom stereocenters. The van der Waals surface area contributed by atoms with Gasteiger partial charge < -0.3 is 25.6 Å². The summed E-state index contributed by atoms with van der Waals surface area (Å²) in [6, 6.07) is 21.9. The number of urea groups is 1. The second-order valence-corrected chi connectivity index (χ2v) is 10.5. The van der Waals surface area contributed by atoms with Gasteiger partial charge in [-0.3, -0.25) is 4.79 Å². The van der Waals surface area contributed by atoms with Crippen molar-refractivity contribution in [1.82, 2.24) is 4.90 Å². The number of nitrogens with zero attached hydrogens (tertiary/aromatic N) is 2. The van der Waals surface area contributed by atoms with Crippen molar-refractivity contribution in [2.45, 2.75) is 26.3 Å². The monoisotopic (exact) mass is 541 g/mol. The number of aliphatic imine (C=N–C) groups is 1. The summed E-state index contributed by atoms with van der Waals surface area (Å²) >= 11 is 1.70. The molecule has 2 aliphatic rings. The lowest BCUT2D eigenvalue weighted by Gasteiger charge is -2.41. The molecule has 3 amide bonds. The molecule has 1 unspecified atom stereocenters. The van der Waals surface area contributed by atoms with Gasteiger partial charge in [0.1, 0.15) is 5.75 Å². The molecule has 5 rings (SSSR count). The van der Waals surface area contributed by atoms with Gasteiger partial charge in [0.05, 0.1) is 30.1 Å². The van der Waals surface area contributed by atoms with Crippen molar-refractivity contribution in [3.63, 3.8) is 0 Å². The Morgan fingerprint density at radius 2 is 1.69 bits per heavy atom. The number of amides is 3. The van der Waals surface area contributed by atoms with Gasteiger partial charge in [-0.25, -0.2) is 9.79 Å². The Morgan fingerprint density at radius 1 is 0.949 bits per heavy atom. The molecular formula is C30H31N5O3S. The summed E-state index contributed by atoms with van der Waals surface area (Å²) in [6.45, 7) is 4.63. The third kappa shape index (κ3) is 5.93. The van der Waals surface area contributed by atoms with E-state index in [0.29, 0.717) is 28.4 Å². The van der Waals surface area contributed by atoms with Crippen LogP contribution in [0.4, 0.5) is 21.9 Å². The van der Waals surface area contributed by atoms with Crippen molar-refractivity contribution in [3.05, 3.63) is 95.2 Å². The van der Waals surface area contributed by atoms with E-state index in [1.807, 2.05) is 86.6 Å². The standard InChI is InChI=1S/C30H31N5O3S/c1-19-9-6-11-22(17-19)32-29(37)33-23-12-7-10-21(18-23)27-26(20(2)31-30-35(27)15-8-16-39-30)28(36)34-24-13-4-5-14-25(24)38-3/h4-7,9-14,17-18,27H,8,15-16H2,1-3H3,(H,34,36)(H2,32,33,37). The van der Waals surface area contributed by atoms with Crippen LogP contribution in [0.25, 0.3) is 0 Å². The van der Waals surface area contributed by atoms with Crippen LogP contribution in [-0.4, -0.2) is 41.4 Å². The number of fused-ring (bicyclic) bond motifs is 1. The van der Waals surface area contributed by atoms with Crippen LogP contribution in [0.5, 0.6) is 5.75 Å². The van der Waals surface area contributed by atoms with E-state index in [9.17, 15) is 9.59 Å². The molecule has 1 fully saturated rings. The molecule has 0 aromatic heterocycles. The predicted molar refractivity (Wildman–Crippen MR) is 159 cm³/mol. The summed E-state index contributed by atoms with van der Waals surface area (Å²) < 4.78 is 5.44. The Labute approximate surface area is 232 Å². The second-order valence-electron chi connectivity index (χ2n) is 9.42. The summed E-state index contributed by atoms with van der Waals surface area (Å²) in [7, 11) is 1.58. The van der Waals surface area contributed by atoms with Crippen molar-refractivity contribution in [1.29, 1.82) is 0 Å². The number of nitrogens with one attached hydrogen (secondary N) is 3. The quantitative estimate of drug-likeness (QED) is 0.335. The normalized spacial score (nSPS) is 16.6. The molecule has 1 saturated heterocycles. The first-order valence-electron chi connectivity index (χ1n) is 12.8. The zero-order chi connectivity index (χ0) is 27.4. The minimum Gasteiger partial charge on any atom is -0.495 e. The van der Waals surface area contributed by atoms with Crippen molar-refractivity contribution in [2.75, 3.05) is 35.4 Å². The number of benzene rings is 3. The summed E-state index contributed by atoms with van der Waals surface area (Å²) in [5.74, 6) is 1.33. The zero-order valence-electron chi connectivity index (χ0n) is 22.2. The zero-order valence-corrected chi connectivity index (χ0v) is 23.0. The van der Waals surface area contributed by atoms with E-state index >= 15 is 0 Å². The summed E-state index contributed by atoms with van der Waals surface area (Å²) in [6.07, 6.45) is 0.984. The average molecular weight is 542 g/mol. The number of para-hydroxylation sites is 2. The van der Waals surface area contributed by atoms with Crippen molar-refractivity contribution in [3.8, 4) is 5.75 Å². The van der Waals surface area contributed by atoms with Gasteiger partial charge in [0.15, 0.2) is 5.17 Å². The number of hydrogen-bond donors (Lipinski definition) is 3. The molecule has 2 heterocycles. The van der Waals surface area contributed by atoms with Crippen LogP contribution >= 0.6 is 11.8 Å². The highest BCUT2D eigenvalue weighted by molar-refractivity contribution is 8.13. The Balaban J connectivity index is 1.45. The molecule has 8 nitrogen and oxygen atoms in total. The van der Waals surface area contributed by atoms with Crippen molar-refractivity contribution < 1.29 is 14.3 Å². The fourth-order valence-electron chi connectivity index (χ4n) is 4.85. The number of carbonyl (C=O) groups excluding carboxylic acids is 2. The number of thioether (sulfide) groups is 1. The molecule has 9 heteroatoms. The predicted octanol–water partition coefficient (Wildman–Crippen LogP) is 6.41. The maximum atomic E-state index is 13.8. The van der Waals surface area contributed by atoms with Gasteiger partial charge >= 0.3 is 6.03 Å². The van der Waals surface area contributed by atoms with Gasteiger partial charge in [-0.05, 0) is 67.8 Å². The Bertz CT molecular complexity index is 1470. The fraction of sp³-hybridized carbons (Fsp3) is 0.233. The molecule has 3 aromatic rings. The lowest BCUT2D eigenvalue weighted by molar-refractivity contribution is -0.113. The van der Waals surface area contributed by atoms with E-state index in [-0.39, 0.29) is 18.0 Å². The van der Waals surface area contributed by atoms with Crippen LogP contribution in [0.3, 0.4) is 0 Å². The minimum absolute atomic E-state index is 0.240. The number of aryl methyl sites for hydroxylation is 1. The van der Waals surface area contributed by atoms with Crippen LogP contribution in [0.2, 0.25) is 0 Å². The molecule has 2 aliphatic heterocycles. The smallest absolute Gasteiger partial charge is 0.323 e. The van der Waals surface area contributed by atoms with Crippen LogP contribution < -0.4 is 20.7 Å². The Hall–Kier alpha value is -4.24. The molecule has 0 bridgehead atoms. The molecule has 0 aliphatic carbocycles. The van der Waals surface area contributed by atoms with Crippen molar-refractivity contribution in [2.24, 2.45) is 4.99 Å². The SMILES string of the molecule is COc1ccccc1NC(=O)C1=C(C)N=C2SCCCN2C1c1cccc(NC(=O)Nc2cccc(C)c2)c1. The summed E-state index contributed by atoms with van der Waals surface area (Å²) in [5, 5.41) is 9.76. The summed E-state index contributed by atoms with van der Waals surface area (Å²) in [5.41, 5.74) is 5.13. The second kappa shape index (κ2) is 11.7. The van der Waals surface area contributed by atoms with Gasteiger partial charge in [0.2, 0.25) is 0 Å². The van der Waals surface area contributed by atoms with Crippen LogP contribution in [0, 0.1) is 6.92 Å². The number of carbonyl (C=O) groups is 2. The van der Waals surface area contributed by atoms with Crippen LogP contribution in [0.15, 0.2) is 89.1 Å². The van der Waals surface area contributed by atoms with Crippen molar-refractivity contribution >= 4 is 45.9 Å². The third-order valence-electron chi connectivity index (χ3n) is 6.59. The van der Waals surface area contributed by atoms with Gasteiger partial charge in [-0.2, -0.15) is 0 Å². The summed E-state index contributed by atoms with van der Waals surface area (Å²) in [4.78, 5) is 33.5. The molecule has 0 spiro atoms. The van der Waals surface area contributed by atoms with Gasteiger partial charge in [-0.15, -0.1) is 0 Å². The van der Waals surface area contributed by atoms with Gasteiger partial charge in [0, 0.05) is 23.7 Å². The highest BCUT2D eigenvalue weighted by Gasteiger charge is 2.37. The van der Waals surface area contributed by atoms with Gasteiger partial charge in [-0.1, -0.05) is 48.2 Å². The van der Waals surface area contributed by atoms with E-state index in [2.05, 4.69) is 20.9 Å². The fourth-order valence-corrected chi connectivity index (χ4v) is 5.87. The van der Waals surface area contributed by atoms with Crippen LogP contribution in [0.1, 0.15) is 30.5 Å². The van der Waals surface area contributed by atoms with E-state index in [1.54, 1.807) is 18.9 Å². The van der Waals surface area contributed by atoms with Crippen LogP contribution in [-0.2, 0) is 4.79 Å². The highest BCUT2D eigenvalue weighted by Crippen LogP contribution is 2.40. The molecule has 3 aromatic carbocycles. The third-order valence-corrected chi connectivity index (χ3v) is 7.67. The number of amidine groups is 1. The number of allylic oxidation sites excluding steroid dienone is 1. The maximum absolute atomic E-state index is 13.8. The number of ether oxygens (including phenoxy) is 1. The Kier molecular flexibility index (Phi) is 7.88. The first-order valence-corrected chi connectivity index (χ1v) is 13.8. The molecular weight excluding hydrogens is 510 g/mol. The van der Waals surface area contributed by atoms with Gasteiger partial charge in [0.25, 0.3) is 5.91 Å². The maximum Gasteiger partial charge on any atom is 0.323 e. The number of methoxy groups -OCH3 is 1. The topological polar surface area (TPSA) is 95.1 Å². The molecule has 0 radical (unpaired) electrons. The molecule has 0 saturated carbocycles. The number of rotatable bonds is 6. The van der Waals surface area contributed by atoms with E-state index in [1.165, 1.54) is 0 Å². The van der Waals surface area contributed by atoms with E-state index in [4.69, 9.17) is 9.73 Å². The average Bonchev–Trinajstić information content (AvgIpc) is 2.92. The molecule has 3 N–H and O–H groups in total. The first-order chi connectivity index (χ1) is 18.9. The number of hydrogen-bond acceptors (Lipinski definition) is 6.